The molecule has 0 spiro atoms. The van der Waals surface area contributed by atoms with Gasteiger partial charge in [-0.25, -0.2) is 0 Å². The van der Waals surface area contributed by atoms with Gasteiger partial charge in [0.1, 0.15) is 11.5 Å². The van der Waals surface area contributed by atoms with E-state index in [2.05, 4.69) is 47.5 Å². The molecule has 1 N–H and O–H groups in total. The van der Waals surface area contributed by atoms with E-state index >= 15 is 0 Å². The number of aromatic nitrogens is 1. The van der Waals surface area contributed by atoms with Gasteiger partial charge in [-0.15, -0.1) is 0 Å². The van der Waals surface area contributed by atoms with Gasteiger partial charge >= 0.3 is 0 Å². The Hall–Kier alpha value is -3.77. The third-order valence-electron chi connectivity index (χ3n) is 5.24. The van der Waals surface area contributed by atoms with E-state index in [1.165, 1.54) is 10.8 Å². The van der Waals surface area contributed by atoms with Crippen LogP contribution in [-0.2, 0) is 0 Å². The van der Waals surface area contributed by atoms with Gasteiger partial charge < -0.3 is 9.72 Å². The van der Waals surface area contributed by atoms with Crippen molar-refractivity contribution >= 4 is 32.6 Å². The molecule has 0 radical (unpaired) electrons. The summed E-state index contributed by atoms with van der Waals surface area (Å²) in [5, 5.41) is 13.8. The van der Waals surface area contributed by atoms with Crippen LogP contribution >= 0.6 is 0 Å². The van der Waals surface area contributed by atoms with Crippen LogP contribution in [0.1, 0.15) is 5.56 Å². The van der Waals surface area contributed by atoms with Crippen LogP contribution in [0.2, 0.25) is 0 Å². The quantitative estimate of drug-likeness (QED) is 0.364. The van der Waals surface area contributed by atoms with Crippen molar-refractivity contribution in [3.8, 4) is 28.7 Å². The van der Waals surface area contributed by atoms with Crippen molar-refractivity contribution in [2.75, 3.05) is 0 Å². The van der Waals surface area contributed by atoms with Crippen molar-refractivity contribution in [3.05, 3.63) is 72.3 Å². The fourth-order valence-electron chi connectivity index (χ4n) is 4.07. The molecule has 0 aliphatic carbocycles. The molecule has 2 heterocycles. The molecule has 0 fully saturated rings. The van der Waals surface area contributed by atoms with E-state index in [4.69, 9.17) is 4.74 Å². The average Bonchev–Trinajstić information content (AvgIpc) is 3.04. The van der Waals surface area contributed by atoms with Crippen molar-refractivity contribution in [1.82, 2.24) is 4.98 Å². The van der Waals surface area contributed by atoms with Gasteiger partial charge in [0.15, 0.2) is 0 Å². The molecule has 1 aliphatic rings. The third kappa shape index (κ3) is 1.61. The Balaban J connectivity index is 1.76. The summed E-state index contributed by atoms with van der Waals surface area (Å²) in [6.07, 6.45) is 0. The molecule has 4 aromatic carbocycles. The van der Waals surface area contributed by atoms with Gasteiger partial charge in [-0.2, -0.15) is 5.26 Å². The summed E-state index contributed by atoms with van der Waals surface area (Å²) in [5.41, 5.74) is 5.03. The van der Waals surface area contributed by atoms with Crippen LogP contribution in [0.25, 0.3) is 43.7 Å². The van der Waals surface area contributed by atoms with E-state index in [0.29, 0.717) is 5.56 Å². The summed E-state index contributed by atoms with van der Waals surface area (Å²) in [6.45, 7) is 0. The first-order chi connectivity index (χ1) is 12.8. The van der Waals surface area contributed by atoms with E-state index in [1.54, 1.807) is 0 Å². The lowest BCUT2D eigenvalue weighted by Crippen LogP contribution is -1.98. The number of para-hydroxylation sites is 1. The first-order valence-electron chi connectivity index (χ1n) is 8.52. The molecule has 120 valence electrons. The predicted octanol–water partition coefficient (Wildman–Crippen LogP) is 6.12. The zero-order valence-corrected chi connectivity index (χ0v) is 13.7. The van der Waals surface area contributed by atoms with E-state index in [-0.39, 0.29) is 0 Å². The van der Waals surface area contributed by atoms with Gasteiger partial charge in [-0.1, -0.05) is 36.4 Å². The Morgan fingerprint density at radius 3 is 2.54 bits per heavy atom. The van der Waals surface area contributed by atoms with Crippen LogP contribution < -0.4 is 4.74 Å². The summed E-state index contributed by atoms with van der Waals surface area (Å²) in [4.78, 5) is 3.47. The minimum absolute atomic E-state index is 0.672. The molecule has 0 amide bonds. The van der Waals surface area contributed by atoms with Crippen molar-refractivity contribution in [2.24, 2.45) is 0 Å². The second-order valence-corrected chi connectivity index (χ2v) is 6.62. The van der Waals surface area contributed by atoms with Crippen LogP contribution in [0.15, 0.2) is 66.7 Å². The van der Waals surface area contributed by atoms with E-state index in [9.17, 15) is 5.26 Å². The summed E-state index contributed by atoms with van der Waals surface area (Å²) >= 11 is 0. The summed E-state index contributed by atoms with van der Waals surface area (Å²) in [6, 6.07) is 24.7. The van der Waals surface area contributed by atoms with Crippen LogP contribution in [0.4, 0.5) is 0 Å². The standard InChI is InChI=1S/C23H12N2O/c24-12-13-8-9-21-23-14(13)5-3-6-16(23)18-10-17-15-4-1-2-7-19(15)25-20(17)11-22(18)26-21/h1-11,25H. The molecule has 6 rings (SSSR count). The number of ether oxygens (including phenoxy) is 1. The van der Waals surface area contributed by atoms with Crippen molar-refractivity contribution < 1.29 is 4.74 Å². The van der Waals surface area contributed by atoms with E-state index in [0.717, 1.165) is 44.4 Å². The lowest BCUT2D eigenvalue weighted by molar-refractivity contribution is 0.487. The lowest BCUT2D eigenvalue weighted by atomic mass is 9.92. The van der Waals surface area contributed by atoms with E-state index < -0.39 is 0 Å². The fraction of sp³-hybridized carbons (Fsp3) is 0. The smallest absolute Gasteiger partial charge is 0.137 e. The topological polar surface area (TPSA) is 48.8 Å². The second kappa shape index (κ2) is 4.65. The number of aromatic amines is 1. The highest BCUT2D eigenvalue weighted by molar-refractivity contribution is 6.12. The number of H-pyrrole nitrogens is 1. The molecule has 3 nitrogen and oxygen atoms in total. The molecular weight excluding hydrogens is 320 g/mol. The number of nitriles is 1. The van der Waals surface area contributed by atoms with Gasteiger partial charge in [-0.05, 0) is 29.8 Å². The van der Waals surface area contributed by atoms with Gasteiger partial charge in [0.2, 0.25) is 0 Å². The Bertz CT molecular complexity index is 1420. The highest BCUT2D eigenvalue weighted by Crippen LogP contribution is 2.48. The van der Waals surface area contributed by atoms with E-state index in [1.807, 2.05) is 30.3 Å². The maximum absolute atomic E-state index is 9.44. The van der Waals surface area contributed by atoms with Gasteiger partial charge in [-0.3, -0.25) is 0 Å². The number of nitrogens with zero attached hydrogens (tertiary/aromatic N) is 1. The second-order valence-electron chi connectivity index (χ2n) is 6.62. The van der Waals surface area contributed by atoms with Crippen LogP contribution in [0.3, 0.4) is 0 Å². The normalized spacial score (nSPS) is 12.1. The van der Waals surface area contributed by atoms with Crippen LogP contribution in [-0.4, -0.2) is 4.98 Å². The van der Waals surface area contributed by atoms with Crippen molar-refractivity contribution in [2.45, 2.75) is 0 Å². The number of hydrogen-bond acceptors (Lipinski definition) is 2. The third-order valence-corrected chi connectivity index (χ3v) is 5.24. The molecule has 0 saturated carbocycles. The maximum atomic E-state index is 9.44. The van der Waals surface area contributed by atoms with Gasteiger partial charge in [0, 0.05) is 38.7 Å². The summed E-state index contributed by atoms with van der Waals surface area (Å²) in [5.74, 6) is 1.64. The Morgan fingerprint density at radius 1 is 0.731 bits per heavy atom. The molecule has 1 aromatic heterocycles. The monoisotopic (exact) mass is 332 g/mol. The molecule has 0 atom stereocenters. The molecule has 0 bridgehead atoms. The van der Waals surface area contributed by atoms with Crippen LogP contribution in [0, 0.1) is 11.3 Å². The highest BCUT2D eigenvalue weighted by Gasteiger charge is 2.22. The summed E-state index contributed by atoms with van der Waals surface area (Å²) < 4.78 is 6.22. The minimum Gasteiger partial charge on any atom is -0.456 e. The number of hydrogen-bond donors (Lipinski definition) is 1. The number of rotatable bonds is 0. The predicted molar refractivity (Wildman–Crippen MR) is 104 cm³/mol. The molecule has 3 heteroatoms. The molecule has 5 aromatic rings. The fourth-order valence-corrected chi connectivity index (χ4v) is 4.07. The zero-order chi connectivity index (χ0) is 17.3. The molecule has 0 unspecified atom stereocenters. The zero-order valence-electron chi connectivity index (χ0n) is 13.7. The number of benzene rings is 4. The number of nitrogens with one attached hydrogen (secondary N) is 1. The van der Waals surface area contributed by atoms with Gasteiger partial charge in [0.25, 0.3) is 0 Å². The molecule has 26 heavy (non-hydrogen) atoms. The van der Waals surface area contributed by atoms with Crippen molar-refractivity contribution in [3.63, 3.8) is 0 Å². The SMILES string of the molecule is N#Cc1ccc2c3c(cccc13)-c1cc3c(cc1O2)[nH]c1ccccc13. The Kier molecular flexibility index (Phi) is 2.42. The highest BCUT2D eigenvalue weighted by atomic mass is 16.5. The van der Waals surface area contributed by atoms with Gasteiger partial charge in [0.05, 0.1) is 17.1 Å². The van der Waals surface area contributed by atoms with Crippen molar-refractivity contribution in [1.29, 1.82) is 5.26 Å². The molecule has 1 aliphatic heterocycles. The Morgan fingerprint density at radius 2 is 1.62 bits per heavy atom. The minimum atomic E-state index is 0.672. The Labute approximate surface area is 149 Å². The van der Waals surface area contributed by atoms with Crippen LogP contribution in [0.5, 0.6) is 11.5 Å². The molecule has 0 saturated heterocycles. The maximum Gasteiger partial charge on any atom is 0.137 e. The first kappa shape index (κ1) is 13.5. The first-order valence-corrected chi connectivity index (χ1v) is 8.52. The molecular formula is C23H12N2O. The summed E-state index contributed by atoms with van der Waals surface area (Å²) in [7, 11) is 0. The largest absolute Gasteiger partial charge is 0.456 e. The number of fused-ring (bicyclic) bond motifs is 5. The average molecular weight is 332 g/mol. The lowest BCUT2D eigenvalue weighted by Gasteiger charge is -2.21.